The molecule has 0 aromatic heterocycles. The van der Waals surface area contributed by atoms with E-state index in [2.05, 4.69) is 0 Å². The predicted molar refractivity (Wildman–Crippen MR) is 46.6 cm³/mol. The first-order valence-corrected chi connectivity index (χ1v) is 2.72. The van der Waals surface area contributed by atoms with Crippen LogP contribution in [-0.4, -0.2) is 17.2 Å². The lowest BCUT2D eigenvalue weighted by Gasteiger charge is -1.94. The number of rotatable bonds is 1. The van der Waals surface area contributed by atoms with E-state index in [9.17, 15) is 0 Å². The Kier molecular flexibility index (Phi) is 4.35. The van der Waals surface area contributed by atoms with Crippen molar-refractivity contribution in [3.05, 3.63) is 30.3 Å². The van der Waals surface area contributed by atoms with Gasteiger partial charge in [-0.2, -0.15) is 0 Å². The van der Waals surface area contributed by atoms with Gasteiger partial charge in [0.15, 0.2) is 0 Å². The molecule has 0 heterocycles. The molecule has 1 rings (SSSR count). The molecule has 0 atom stereocenters. The summed E-state index contributed by atoms with van der Waals surface area (Å²) in [7, 11) is -1.34. The van der Waals surface area contributed by atoms with Crippen LogP contribution in [0, 0.1) is 0 Å². The fourth-order valence-corrected chi connectivity index (χ4v) is 0.625. The van der Waals surface area contributed by atoms with Crippen molar-refractivity contribution < 1.29 is 10.0 Å². The third-order valence-corrected chi connectivity index (χ3v) is 1.10. The van der Waals surface area contributed by atoms with Gasteiger partial charge in [-0.05, 0) is 5.46 Å². The first-order valence-electron chi connectivity index (χ1n) is 2.72. The number of hydrogen-bond donors (Lipinski definition) is 2. The van der Waals surface area contributed by atoms with E-state index in [4.69, 9.17) is 10.0 Å². The average Bonchev–Trinajstić information content (AvgIpc) is 1.90. The van der Waals surface area contributed by atoms with E-state index in [1.165, 1.54) is 0 Å². The van der Waals surface area contributed by atoms with Crippen LogP contribution in [0.3, 0.4) is 0 Å². The molecule has 4 heteroatoms. The number of benzene rings is 1. The van der Waals surface area contributed by atoms with Gasteiger partial charge in [0.2, 0.25) is 0 Å². The zero-order valence-corrected chi connectivity index (χ0v) is 6.98. The normalized spacial score (nSPS) is 8.20. The Hall–Kier alpha value is -0.315. The van der Waals surface area contributed by atoms with E-state index in [0.29, 0.717) is 5.46 Å². The van der Waals surface area contributed by atoms with Crippen LogP contribution in [0.4, 0.5) is 0 Å². The lowest BCUT2D eigenvalue weighted by atomic mass is 9.81. The molecule has 0 bridgehead atoms. The summed E-state index contributed by atoms with van der Waals surface area (Å²) in [6.45, 7) is 0. The van der Waals surface area contributed by atoms with E-state index in [0.717, 1.165) is 0 Å². The Labute approximate surface area is 70.4 Å². The lowest BCUT2D eigenvalue weighted by molar-refractivity contribution is 0.426. The minimum absolute atomic E-state index is 0. The van der Waals surface area contributed by atoms with Crippen LogP contribution in [0.2, 0.25) is 0 Å². The molecule has 0 radical (unpaired) electrons. The summed E-state index contributed by atoms with van der Waals surface area (Å²) in [4.78, 5) is 0. The Morgan fingerprint density at radius 1 is 1.00 bits per heavy atom. The van der Waals surface area contributed by atoms with Gasteiger partial charge in [0.25, 0.3) is 0 Å². The van der Waals surface area contributed by atoms with Crippen LogP contribution in [0.5, 0.6) is 0 Å². The lowest BCUT2D eigenvalue weighted by Crippen LogP contribution is -2.29. The van der Waals surface area contributed by atoms with Crippen molar-refractivity contribution in [2.75, 3.05) is 0 Å². The van der Waals surface area contributed by atoms with Crippen LogP contribution in [-0.2, 0) is 0 Å². The summed E-state index contributed by atoms with van der Waals surface area (Å²) in [5.74, 6) is 0. The largest absolute Gasteiger partial charge is 0.488 e. The second-order valence-electron chi connectivity index (χ2n) is 1.78. The van der Waals surface area contributed by atoms with Crippen LogP contribution in [0.15, 0.2) is 30.3 Å². The highest BCUT2D eigenvalue weighted by Gasteiger charge is 2.07. The van der Waals surface area contributed by atoms with Crippen LogP contribution >= 0.6 is 17.0 Å². The summed E-state index contributed by atoms with van der Waals surface area (Å²) < 4.78 is 0. The molecule has 0 spiro atoms. The highest BCUT2D eigenvalue weighted by atomic mass is 79.9. The van der Waals surface area contributed by atoms with Crippen LogP contribution in [0.1, 0.15) is 0 Å². The number of halogens is 1. The zero-order valence-electron chi connectivity index (χ0n) is 5.27. The number of hydrogen-bond acceptors (Lipinski definition) is 2. The standard InChI is InChI=1S/C6H7BO2.BrH/c8-7(9)6-4-2-1-3-5-6;/h1-5,8-9H;1H. The first-order chi connectivity index (χ1) is 4.30. The minimum Gasteiger partial charge on any atom is -0.423 e. The second kappa shape index (κ2) is 4.49. The van der Waals surface area contributed by atoms with Crippen molar-refractivity contribution in [3.8, 4) is 0 Å². The van der Waals surface area contributed by atoms with E-state index in [1.54, 1.807) is 24.3 Å². The Balaban J connectivity index is 0.000000810. The van der Waals surface area contributed by atoms with Gasteiger partial charge in [-0.1, -0.05) is 30.3 Å². The maximum Gasteiger partial charge on any atom is 0.488 e. The summed E-state index contributed by atoms with van der Waals surface area (Å²) >= 11 is 0. The maximum absolute atomic E-state index is 8.58. The van der Waals surface area contributed by atoms with Gasteiger partial charge in [0.1, 0.15) is 0 Å². The summed E-state index contributed by atoms with van der Waals surface area (Å²) in [6.07, 6.45) is 0. The SMILES string of the molecule is Br.OB(O)c1ccccc1. The van der Waals surface area contributed by atoms with Gasteiger partial charge in [0.05, 0.1) is 0 Å². The summed E-state index contributed by atoms with van der Waals surface area (Å²) in [5.41, 5.74) is 0.525. The smallest absolute Gasteiger partial charge is 0.423 e. The van der Waals surface area contributed by atoms with Gasteiger partial charge in [-0.25, -0.2) is 0 Å². The van der Waals surface area contributed by atoms with Crippen molar-refractivity contribution in [2.45, 2.75) is 0 Å². The molecular weight excluding hydrogens is 195 g/mol. The van der Waals surface area contributed by atoms with Crippen LogP contribution in [0.25, 0.3) is 0 Å². The van der Waals surface area contributed by atoms with Crippen molar-refractivity contribution in [1.29, 1.82) is 0 Å². The fourth-order valence-electron chi connectivity index (χ4n) is 0.625. The maximum atomic E-state index is 8.58. The second-order valence-corrected chi connectivity index (χ2v) is 1.78. The molecule has 1 aromatic carbocycles. The summed E-state index contributed by atoms with van der Waals surface area (Å²) in [5, 5.41) is 17.2. The molecule has 0 aliphatic rings. The molecule has 2 nitrogen and oxygen atoms in total. The van der Waals surface area contributed by atoms with E-state index in [-0.39, 0.29) is 17.0 Å². The highest BCUT2D eigenvalue weighted by molar-refractivity contribution is 8.93. The van der Waals surface area contributed by atoms with Gasteiger partial charge in [-0.15, -0.1) is 17.0 Å². The van der Waals surface area contributed by atoms with Gasteiger partial charge < -0.3 is 10.0 Å². The predicted octanol–water partition coefficient (Wildman–Crippen LogP) is -0.0557. The monoisotopic (exact) mass is 202 g/mol. The zero-order chi connectivity index (χ0) is 6.69. The Morgan fingerprint density at radius 3 is 1.80 bits per heavy atom. The molecule has 54 valence electrons. The molecule has 2 N–H and O–H groups in total. The molecule has 0 aliphatic carbocycles. The molecule has 0 saturated heterocycles. The minimum atomic E-state index is -1.34. The molecule has 0 fully saturated rings. The van der Waals surface area contributed by atoms with Crippen molar-refractivity contribution in [1.82, 2.24) is 0 Å². The van der Waals surface area contributed by atoms with Crippen molar-refractivity contribution in [2.24, 2.45) is 0 Å². The summed E-state index contributed by atoms with van der Waals surface area (Å²) in [6, 6.07) is 8.66. The van der Waals surface area contributed by atoms with Gasteiger partial charge in [0, 0.05) is 0 Å². The molecule has 10 heavy (non-hydrogen) atoms. The van der Waals surface area contributed by atoms with E-state index < -0.39 is 7.12 Å². The highest BCUT2D eigenvalue weighted by Crippen LogP contribution is 1.82. The van der Waals surface area contributed by atoms with Gasteiger partial charge >= 0.3 is 7.12 Å². The van der Waals surface area contributed by atoms with E-state index >= 15 is 0 Å². The third kappa shape index (κ3) is 2.52. The molecule has 0 saturated carbocycles. The van der Waals surface area contributed by atoms with Crippen LogP contribution < -0.4 is 5.46 Å². The molecular formula is C6H8BBrO2. The molecule has 0 unspecified atom stereocenters. The Bertz CT molecular complexity index is 178. The van der Waals surface area contributed by atoms with Gasteiger partial charge in [-0.3, -0.25) is 0 Å². The molecule has 0 aliphatic heterocycles. The molecule has 0 amide bonds. The molecule has 1 aromatic rings. The van der Waals surface area contributed by atoms with E-state index in [1.807, 2.05) is 6.07 Å². The van der Waals surface area contributed by atoms with Crippen molar-refractivity contribution >= 4 is 29.6 Å². The fraction of sp³-hybridized carbons (Fsp3) is 0. The average molecular weight is 203 g/mol. The first kappa shape index (κ1) is 9.68. The topological polar surface area (TPSA) is 40.5 Å². The Morgan fingerprint density at radius 2 is 1.50 bits per heavy atom. The van der Waals surface area contributed by atoms with Crippen molar-refractivity contribution in [3.63, 3.8) is 0 Å². The quantitative estimate of drug-likeness (QED) is 0.627. The third-order valence-electron chi connectivity index (χ3n) is 1.10.